The molecule has 0 spiro atoms. The number of rotatable bonds is 6. The maximum absolute atomic E-state index is 9.89. The Morgan fingerprint density at radius 1 is 0.966 bits per heavy atom. The van der Waals surface area contributed by atoms with E-state index in [1.807, 2.05) is 38.4 Å². The summed E-state index contributed by atoms with van der Waals surface area (Å²) in [7, 11) is 4.08. The van der Waals surface area contributed by atoms with Crippen molar-refractivity contribution >= 4 is 0 Å². The summed E-state index contributed by atoms with van der Waals surface area (Å²) in [6, 6.07) is 24.3. The second kappa shape index (κ2) is 8.58. The molecular weight excluding hydrogens is 362 g/mol. The van der Waals surface area contributed by atoms with Crippen molar-refractivity contribution in [2.45, 2.75) is 11.8 Å². The lowest BCUT2D eigenvalue weighted by atomic mass is 9.76. The molecule has 0 saturated carbocycles. The van der Waals surface area contributed by atoms with Crippen LogP contribution in [-0.4, -0.2) is 43.9 Å². The van der Waals surface area contributed by atoms with Gasteiger partial charge in [0.15, 0.2) is 0 Å². The summed E-state index contributed by atoms with van der Waals surface area (Å²) in [6.07, 6.45) is 0. The maximum atomic E-state index is 9.89. The standard InChI is InChI=1S/C25H27NO3/c1-26(2)14-15-28-21-11-8-19(9-12-21)25-22-13-10-20(27)16-24(22)29-17-23(25)18-6-4-3-5-7-18/h3-13,16,23,25,27H,14-15,17H2,1-2H3/t23-,25?/m1/s1. The zero-order valence-electron chi connectivity index (χ0n) is 16.9. The minimum absolute atomic E-state index is 0.151. The van der Waals surface area contributed by atoms with Gasteiger partial charge in [-0.3, -0.25) is 0 Å². The predicted molar refractivity (Wildman–Crippen MR) is 115 cm³/mol. The Morgan fingerprint density at radius 3 is 2.45 bits per heavy atom. The Balaban J connectivity index is 1.66. The average molecular weight is 389 g/mol. The first-order valence-electron chi connectivity index (χ1n) is 10.00. The van der Waals surface area contributed by atoms with Crippen molar-refractivity contribution in [2.75, 3.05) is 33.9 Å². The van der Waals surface area contributed by atoms with E-state index in [0.717, 1.165) is 23.6 Å². The minimum Gasteiger partial charge on any atom is -0.508 e. The molecule has 0 bridgehead atoms. The van der Waals surface area contributed by atoms with Gasteiger partial charge in [-0.1, -0.05) is 48.5 Å². The highest BCUT2D eigenvalue weighted by atomic mass is 16.5. The van der Waals surface area contributed by atoms with Crippen molar-refractivity contribution in [1.82, 2.24) is 4.90 Å². The van der Waals surface area contributed by atoms with Gasteiger partial charge in [0.2, 0.25) is 0 Å². The Bertz CT molecular complexity index is 938. The van der Waals surface area contributed by atoms with Crippen molar-refractivity contribution in [3.8, 4) is 17.2 Å². The van der Waals surface area contributed by atoms with E-state index in [4.69, 9.17) is 9.47 Å². The molecule has 4 rings (SSSR count). The third-order valence-corrected chi connectivity index (χ3v) is 5.43. The first-order chi connectivity index (χ1) is 14.1. The lowest BCUT2D eigenvalue weighted by Gasteiger charge is -2.34. The van der Waals surface area contributed by atoms with Crippen LogP contribution in [0, 0.1) is 0 Å². The highest BCUT2D eigenvalue weighted by molar-refractivity contribution is 5.50. The number of hydrogen-bond acceptors (Lipinski definition) is 4. The minimum atomic E-state index is 0.151. The number of benzene rings is 3. The normalized spacial score (nSPS) is 18.2. The number of ether oxygens (including phenoxy) is 2. The van der Waals surface area contributed by atoms with Crippen molar-refractivity contribution in [3.63, 3.8) is 0 Å². The molecule has 0 fully saturated rings. The van der Waals surface area contributed by atoms with E-state index in [0.29, 0.717) is 13.2 Å². The molecule has 4 heteroatoms. The van der Waals surface area contributed by atoms with Gasteiger partial charge in [-0.2, -0.15) is 0 Å². The lowest BCUT2D eigenvalue weighted by molar-refractivity contribution is 0.247. The highest BCUT2D eigenvalue weighted by Gasteiger charge is 2.33. The van der Waals surface area contributed by atoms with Crippen LogP contribution >= 0.6 is 0 Å². The second-order valence-electron chi connectivity index (χ2n) is 7.75. The fraction of sp³-hybridized carbons (Fsp3) is 0.280. The summed E-state index contributed by atoms with van der Waals surface area (Å²) in [5.41, 5.74) is 3.57. The first-order valence-corrected chi connectivity index (χ1v) is 10.00. The fourth-order valence-electron chi connectivity index (χ4n) is 3.92. The summed E-state index contributed by atoms with van der Waals surface area (Å²) in [6.45, 7) is 2.12. The van der Waals surface area contributed by atoms with Crippen LogP contribution in [0.1, 0.15) is 28.5 Å². The van der Waals surface area contributed by atoms with Crippen LogP contribution in [0.4, 0.5) is 0 Å². The van der Waals surface area contributed by atoms with E-state index in [1.54, 1.807) is 12.1 Å². The molecule has 0 saturated heterocycles. The summed E-state index contributed by atoms with van der Waals surface area (Å²) in [5, 5.41) is 9.89. The van der Waals surface area contributed by atoms with Crippen molar-refractivity contribution in [3.05, 3.63) is 89.5 Å². The molecule has 1 N–H and O–H groups in total. The van der Waals surface area contributed by atoms with E-state index in [2.05, 4.69) is 41.3 Å². The van der Waals surface area contributed by atoms with Crippen LogP contribution in [0.25, 0.3) is 0 Å². The molecule has 29 heavy (non-hydrogen) atoms. The zero-order valence-corrected chi connectivity index (χ0v) is 16.9. The summed E-state index contributed by atoms with van der Waals surface area (Å²) in [5.74, 6) is 2.22. The first kappa shape index (κ1) is 19.3. The van der Waals surface area contributed by atoms with E-state index in [1.165, 1.54) is 11.1 Å². The van der Waals surface area contributed by atoms with Gasteiger partial charge in [0, 0.05) is 30.0 Å². The van der Waals surface area contributed by atoms with E-state index >= 15 is 0 Å². The monoisotopic (exact) mass is 389 g/mol. The maximum Gasteiger partial charge on any atom is 0.126 e. The van der Waals surface area contributed by atoms with Gasteiger partial charge >= 0.3 is 0 Å². The number of likely N-dealkylation sites (N-methyl/N-ethyl adjacent to an activating group) is 1. The third kappa shape index (κ3) is 4.38. The van der Waals surface area contributed by atoms with Crippen molar-refractivity contribution in [1.29, 1.82) is 0 Å². The van der Waals surface area contributed by atoms with Gasteiger partial charge in [0.25, 0.3) is 0 Å². The molecule has 1 aliphatic rings. The molecule has 1 unspecified atom stereocenters. The predicted octanol–water partition coefficient (Wildman–Crippen LogP) is 4.64. The summed E-state index contributed by atoms with van der Waals surface area (Å²) >= 11 is 0. The molecule has 1 aliphatic heterocycles. The van der Waals surface area contributed by atoms with Gasteiger partial charge in [0.1, 0.15) is 23.9 Å². The van der Waals surface area contributed by atoms with Crippen molar-refractivity contribution < 1.29 is 14.6 Å². The number of phenols is 1. The Labute approximate surface area is 172 Å². The van der Waals surface area contributed by atoms with Crippen LogP contribution < -0.4 is 9.47 Å². The smallest absolute Gasteiger partial charge is 0.126 e. The van der Waals surface area contributed by atoms with Crippen LogP contribution in [0.2, 0.25) is 0 Å². The Hall–Kier alpha value is -2.98. The molecule has 3 aromatic carbocycles. The molecule has 0 aliphatic carbocycles. The molecule has 0 amide bonds. The number of fused-ring (bicyclic) bond motifs is 1. The molecular formula is C25H27NO3. The van der Waals surface area contributed by atoms with Crippen LogP contribution in [0.3, 0.4) is 0 Å². The molecule has 4 nitrogen and oxygen atoms in total. The number of phenolic OH excluding ortho intramolecular Hbond substituents is 1. The highest BCUT2D eigenvalue weighted by Crippen LogP contribution is 2.47. The largest absolute Gasteiger partial charge is 0.508 e. The van der Waals surface area contributed by atoms with Gasteiger partial charge < -0.3 is 19.5 Å². The molecule has 2 atom stereocenters. The van der Waals surface area contributed by atoms with Gasteiger partial charge in [-0.05, 0) is 43.4 Å². The molecule has 150 valence electrons. The summed E-state index contributed by atoms with van der Waals surface area (Å²) < 4.78 is 11.9. The summed E-state index contributed by atoms with van der Waals surface area (Å²) in [4.78, 5) is 2.10. The number of aromatic hydroxyl groups is 1. The van der Waals surface area contributed by atoms with E-state index < -0.39 is 0 Å². The fourth-order valence-corrected chi connectivity index (χ4v) is 3.92. The average Bonchev–Trinajstić information content (AvgIpc) is 2.74. The van der Waals surface area contributed by atoms with E-state index in [9.17, 15) is 5.11 Å². The van der Waals surface area contributed by atoms with Crippen LogP contribution in [0.15, 0.2) is 72.8 Å². The zero-order chi connectivity index (χ0) is 20.2. The van der Waals surface area contributed by atoms with Crippen LogP contribution in [-0.2, 0) is 0 Å². The quantitative estimate of drug-likeness (QED) is 0.667. The second-order valence-corrected chi connectivity index (χ2v) is 7.75. The third-order valence-electron chi connectivity index (χ3n) is 5.43. The Kier molecular flexibility index (Phi) is 5.72. The van der Waals surface area contributed by atoms with Gasteiger partial charge in [-0.15, -0.1) is 0 Å². The van der Waals surface area contributed by atoms with E-state index in [-0.39, 0.29) is 17.6 Å². The van der Waals surface area contributed by atoms with Gasteiger partial charge in [0.05, 0.1) is 6.61 Å². The van der Waals surface area contributed by atoms with Crippen molar-refractivity contribution in [2.24, 2.45) is 0 Å². The molecule has 0 aromatic heterocycles. The lowest BCUT2D eigenvalue weighted by Crippen LogP contribution is -2.25. The topological polar surface area (TPSA) is 41.9 Å². The van der Waals surface area contributed by atoms with Crippen LogP contribution in [0.5, 0.6) is 17.2 Å². The molecule has 1 heterocycles. The molecule has 0 radical (unpaired) electrons. The molecule has 3 aromatic rings. The SMILES string of the molecule is CN(C)CCOc1ccc(C2c3ccc(O)cc3OC[C@@H]2c2ccccc2)cc1. The van der Waals surface area contributed by atoms with Gasteiger partial charge in [-0.25, -0.2) is 0 Å². The number of hydrogen-bond donors (Lipinski definition) is 1. The Morgan fingerprint density at radius 2 is 1.72 bits per heavy atom. The number of nitrogens with zero attached hydrogens (tertiary/aromatic N) is 1.